The van der Waals surface area contributed by atoms with E-state index in [1.165, 1.54) is 16.9 Å². The van der Waals surface area contributed by atoms with Crippen molar-refractivity contribution in [2.45, 2.75) is 50.8 Å². The highest BCUT2D eigenvalue weighted by Gasteiger charge is 2.38. The van der Waals surface area contributed by atoms with Gasteiger partial charge in [0.15, 0.2) is 0 Å². The molecule has 168 valence electrons. The summed E-state index contributed by atoms with van der Waals surface area (Å²) in [5.41, 5.74) is 0.866. The van der Waals surface area contributed by atoms with Gasteiger partial charge >= 0.3 is 12.1 Å². The lowest BCUT2D eigenvalue weighted by Gasteiger charge is -2.27. The van der Waals surface area contributed by atoms with Crippen LogP contribution >= 0.6 is 0 Å². The molecule has 0 spiro atoms. The van der Waals surface area contributed by atoms with Gasteiger partial charge in [0.1, 0.15) is 25.2 Å². The van der Waals surface area contributed by atoms with Crippen LogP contribution in [0.4, 0.5) is 4.79 Å². The van der Waals surface area contributed by atoms with Gasteiger partial charge in [-0.15, -0.1) is 0 Å². The van der Waals surface area contributed by atoms with Gasteiger partial charge in [-0.2, -0.15) is 0 Å². The van der Waals surface area contributed by atoms with Gasteiger partial charge in [-0.3, -0.25) is 19.3 Å². The van der Waals surface area contributed by atoms with E-state index in [1.807, 2.05) is 30.3 Å². The molecule has 3 amide bonds. The van der Waals surface area contributed by atoms with Crippen LogP contribution in [0.1, 0.15) is 37.7 Å². The lowest BCUT2D eigenvalue weighted by atomic mass is 10.1. The first-order chi connectivity index (χ1) is 15.0. The van der Waals surface area contributed by atoms with Crippen LogP contribution in [0.15, 0.2) is 30.3 Å². The maximum atomic E-state index is 12.9. The number of hydrogen-bond acceptors (Lipinski definition) is 6. The fourth-order valence-corrected chi connectivity index (χ4v) is 3.94. The Kier molecular flexibility index (Phi) is 7.86. The molecule has 2 heterocycles. The summed E-state index contributed by atoms with van der Waals surface area (Å²) in [6, 6.07) is 7.94. The number of carbonyl (C=O) groups excluding carboxylic acids is 4. The fourth-order valence-electron chi connectivity index (χ4n) is 3.94. The second-order valence-electron chi connectivity index (χ2n) is 7.78. The molecule has 1 aromatic carbocycles. The van der Waals surface area contributed by atoms with Crippen LogP contribution in [-0.2, 0) is 30.5 Å². The van der Waals surface area contributed by atoms with E-state index in [2.05, 4.69) is 10.1 Å². The molecule has 0 unspecified atom stereocenters. The summed E-state index contributed by atoms with van der Waals surface area (Å²) in [6.07, 6.45) is 2.65. The van der Waals surface area contributed by atoms with Crippen molar-refractivity contribution in [3.05, 3.63) is 35.9 Å². The lowest BCUT2D eigenvalue weighted by molar-refractivity contribution is -0.147. The topological polar surface area (TPSA) is 105 Å². The van der Waals surface area contributed by atoms with E-state index >= 15 is 0 Å². The molecule has 0 saturated carbocycles. The molecule has 3 rings (SSSR count). The van der Waals surface area contributed by atoms with Crippen molar-refractivity contribution in [2.75, 3.05) is 26.7 Å². The van der Waals surface area contributed by atoms with Gasteiger partial charge in [0.05, 0.1) is 7.11 Å². The van der Waals surface area contributed by atoms with Crippen molar-refractivity contribution in [1.29, 1.82) is 0 Å². The van der Waals surface area contributed by atoms with Gasteiger partial charge in [-0.25, -0.2) is 4.79 Å². The first-order valence-electron chi connectivity index (χ1n) is 10.6. The molecule has 9 nitrogen and oxygen atoms in total. The maximum absolute atomic E-state index is 12.9. The first-order valence-corrected chi connectivity index (χ1v) is 10.6. The summed E-state index contributed by atoms with van der Waals surface area (Å²) >= 11 is 0. The molecule has 2 atom stereocenters. The van der Waals surface area contributed by atoms with Gasteiger partial charge in [-0.1, -0.05) is 30.3 Å². The van der Waals surface area contributed by atoms with Crippen LogP contribution in [0.3, 0.4) is 0 Å². The van der Waals surface area contributed by atoms with E-state index in [0.717, 1.165) is 18.4 Å². The Hall–Kier alpha value is -3.10. The van der Waals surface area contributed by atoms with E-state index < -0.39 is 24.1 Å². The van der Waals surface area contributed by atoms with Crippen LogP contribution in [0, 0.1) is 0 Å². The second kappa shape index (κ2) is 10.8. The number of carbonyl (C=O) groups is 4. The molecular formula is C22H29N3O6. The van der Waals surface area contributed by atoms with Gasteiger partial charge < -0.3 is 19.7 Å². The Balaban J connectivity index is 1.58. The molecule has 2 fully saturated rings. The van der Waals surface area contributed by atoms with E-state index in [1.54, 1.807) is 0 Å². The van der Waals surface area contributed by atoms with Crippen molar-refractivity contribution in [1.82, 2.24) is 15.1 Å². The highest BCUT2D eigenvalue weighted by atomic mass is 16.6. The summed E-state index contributed by atoms with van der Waals surface area (Å²) in [6.45, 7) is 0.873. The summed E-state index contributed by atoms with van der Waals surface area (Å²) in [7, 11) is 1.27. The zero-order valence-corrected chi connectivity index (χ0v) is 17.7. The quantitative estimate of drug-likeness (QED) is 0.684. The number of methoxy groups -OCH3 is 1. The molecule has 2 aliphatic rings. The van der Waals surface area contributed by atoms with Crippen LogP contribution in [-0.4, -0.2) is 72.5 Å². The number of hydrogen-bond donors (Lipinski definition) is 1. The molecule has 1 aromatic rings. The predicted octanol–water partition coefficient (Wildman–Crippen LogP) is 1.46. The molecule has 0 radical (unpaired) electrons. The number of rotatable bonds is 6. The van der Waals surface area contributed by atoms with Crippen LogP contribution in [0.2, 0.25) is 0 Å². The third-order valence-corrected chi connectivity index (χ3v) is 5.64. The molecule has 1 N–H and O–H groups in total. The Bertz CT molecular complexity index is 800. The van der Waals surface area contributed by atoms with Gasteiger partial charge in [0.25, 0.3) is 0 Å². The van der Waals surface area contributed by atoms with Crippen molar-refractivity contribution < 1.29 is 28.7 Å². The van der Waals surface area contributed by atoms with Crippen LogP contribution in [0.5, 0.6) is 0 Å². The number of nitrogens with zero attached hydrogens (tertiary/aromatic N) is 2. The van der Waals surface area contributed by atoms with Gasteiger partial charge in [0.2, 0.25) is 11.8 Å². The van der Waals surface area contributed by atoms with Crippen LogP contribution in [0.25, 0.3) is 0 Å². The number of nitrogens with one attached hydrogen (secondary N) is 1. The molecule has 0 aliphatic carbocycles. The zero-order valence-electron chi connectivity index (χ0n) is 17.7. The monoisotopic (exact) mass is 431 g/mol. The average molecular weight is 431 g/mol. The fraction of sp³-hybridized carbons (Fsp3) is 0.545. The van der Waals surface area contributed by atoms with Gasteiger partial charge in [-0.05, 0) is 37.7 Å². The first kappa shape index (κ1) is 22.6. The Labute approximate surface area is 181 Å². The molecule has 2 saturated heterocycles. The number of benzene rings is 1. The maximum Gasteiger partial charge on any atom is 0.410 e. The van der Waals surface area contributed by atoms with E-state index in [-0.39, 0.29) is 25.0 Å². The highest BCUT2D eigenvalue weighted by Crippen LogP contribution is 2.20. The number of amides is 3. The van der Waals surface area contributed by atoms with E-state index in [4.69, 9.17) is 4.74 Å². The van der Waals surface area contributed by atoms with Crippen LogP contribution < -0.4 is 5.32 Å². The summed E-state index contributed by atoms with van der Waals surface area (Å²) in [5, 5.41) is 2.80. The Morgan fingerprint density at radius 2 is 1.84 bits per heavy atom. The minimum atomic E-state index is -0.720. The minimum absolute atomic E-state index is 0.133. The molecule has 0 bridgehead atoms. The molecule has 9 heteroatoms. The third kappa shape index (κ3) is 5.96. The number of esters is 1. The summed E-state index contributed by atoms with van der Waals surface area (Å²) in [4.78, 5) is 52.7. The highest BCUT2D eigenvalue weighted by molar-refractivity contribution is 5.92. The smallest absolute Gasteiger partial charge is 0.410 e. The summed E-state index contributed by atoms with van der Waals surface area (Å²) in [5.74, 6) is -1.16. The zero-order chi connectivity index (χ0) is 22.2. The standard InChI is InChI=1S/C22H29N3O6/c1-30-19(26)14-24-12-6-5-10-17(21(24)28)23-20(27)18-11-7-13-25(18)22(29)31-15-16-8-3-2-4-9-16/h2-4,8-9,17-18H,5-7,10-15H2,1H3,(H,23,27)/t17-,18+/m1/s1. The predicted molar refractivity (Wildman–Crippen MR) is 111 cm³/mol. The minimum Gasteiger partial charge on any atom is -0.468 e. The summed E-state index contributed by atoms with van der Waals surface area (Å²) < 4.78 is 10.0. The molecule has 0 aromatic heterocycles. The number of ether oxygens (including phenoxy) is 2. The van der Waals surface area contributed by atoms with E-state index in [9.17, 15) is 19.2 Å². The largest absolute Gasteiger partial charge is 0.468 e. The molecular weight excluding hydrogens is 402 g/mol. The van der Waals surface area contributed by atoms with Gasteiger partial charge in [0, 0.05) is 13.1 Å². The average Bonchev–Trinajstić information content (AvgIpc) is 3.22. The second-order valence-corrected chi connectivity index (χ2v) is 7.78. The SMILES string of the molecule is COC(=O)CN1CCCC[C@@H](NC(=O)[C@@H]2CCCN2C(=O)OCc2ccccc2)C1=O. The number of likely N-dealkylation sites (tertiary alicyclic amines) is 2. The Morgan fingerprint density at radius 1 is 1.06 bits per heavy atom. The van der Waals surface area contributed by atoms with E-state index in [0.29, 0.717) is 32.4 Å². The lowest BCUT2D eigenvalue weighted by Crippen LogP contribution is -2.53. The van der Waals surface area contributed by atoms with Crippen molar-refractivity contribution in [2.24, 2.45) is 0 Å². The molecule has 2 aliphatic heterocycles. The normalized spacial score (nSPS) is 21.4. The Morgan fingerprint density at radius 3 is 2.58 bits per heavy atom. The van der Waals surface area contributed by atoms with Crippen molar-refractivity contribution in [3.8, 4) is 0 Å². The van der Waals surface area contributed by atoms with Crippen molar-refractivity contribution in [3.63, 3.8) is 0 Å². The molecule has 31 heavy (non-hydrogen) atoms. The third-order valence-electron chi connectivity index (χ3n) is 5.64. The van der Waals surface area contributed by atoms with Crippen molar-refractivity contribution >= 4 is 23.9 Å².